The standard InChI is InChI=1S/C20H23N5O/c1-4-18-21-22-19-13-23(10-11-24(18)19)20(26)17-12-14(2)25(15(17)3)16-8-6-5-7-9-16/h5-9,12H,4,10-11,13H2,1-3H3. The minimum Gasteiger partial charge on any atom is -0.329 e. The van der Waals surface area contributed by atoms with E-state index in [9.17, 15) is 4.79 Å². The van der Waals surface area contributed by atoms with Crippen LogP contribution < -0.4 is 0 Å². The lowest BCUT2D eigenvalue weighted by Gasteiger charge is -2.28. The third kappa shape index (κ3) is 2.62. The number of rotatable bonds is 3. The number of hydrogen-bond donors (Lipinski definition) is 0. The summed E-state index contributed by atoms with van der Waals surface area (Å²) < 4.78 is 4.27. The van der Waals surface area contributed by atoms with Crippen LogP contribution in [-0.4, -0.2) is 36.7 Å². The van der Waals surface area contributed by atoms with Gasteiger partial charge in [0, 0.05) is 36.6 Å². The van der Waals surface area contributed by atoms with Crippen LogP contribution in [0.5, 0.6) is 0 Å². The largest absolute Gasteiger partial charge is 0.329 e. The number of benzene rings is 1. The summed E-state index contributed by atoms with van der Waals surface area (Å²) in [5.41, 5.74) is 3.87. The van der Waals surface area contributed by atoms with Crippen LogP contribution in [0.1, 0.15) is 40.3 Å². The Morgan fingerprint density at radius 1 is 1.12 bits per heavy atom. The number of nitrogens with zero attached hydrogens (tertiary/aromatic N) is 5. The predicted octanol–water partition coefficient (Wildman–Crippen LogP) is 2.90. The monoisotopic (exact) mass is 349 g/mol. The predicted molar refractivity (Wildman–Crippen MR) is 99.4 cm³/mol. The van der Waals surface area contributed by atoms with Crippen LogP contribution in [0.25, 0.3) is 5.69 Å². The first kappa shape index (κ1) is 16.6. The molecule has 1 aliphatic rings. The van der Waals surface area contributed by atoms with Gasteiger partial charge in [-0.3, -0.25) is 4.79 Å². The van der Waals surface area contributed by atoms with Crippen LogP contribution in [0, 0.1) is 13.8 Å². The van der Waals surface area contributed by atoms with Gasteiger partial charge < -0.3 is 14.0 Å². The average molecular weight is 349 g/mol. The fourth-order valence-corrected chi connectivity index (χ4v) is 3.78. The van der Waals surface area contributed by atoms with Crippen molar-refractivity contribution in [3.63, 3.8) is 0 Å². The van der Waals surface area contributed by atoms with Crippen molar-refractivity contribution in [2.45, 2.75) is 40.3 Å². The third-order valence-electron chi connectivity index (χ3n) is 5.11. The van der Waals surface area contributed by atoms with Crippen molar-refractivity contribution < 1.29 is 4.79 Å². The second-order valence-electron chi connectivity index (χ2n) is 6.72. The Labute approximate surface area is 153 Å². The van der Waals surface area contributed by atoms with Gasteiger partial charge in [-0.1, -0.05) is 25.1 Å². The summed E-state index contributed by atoms with van der Waals surface area (Å²) in [6.45, 7) is 8.08. The van der Waals surface area contributed by atoms with Crippen molar-refractivity contribution in [3.05, 3.63) is 65.0 Å². The summed E-state index contributed by atoms with van der Waals surface area (Å²) in [5, 5.41) is 8.49. The van der Waals surface area contributed by atoms with E-state index in [2.05, 4.69) is 38.4 Å². The number of aryl methyl sites for hydroxylation is 2. The molecule has 134 valence electrons. The molecule has 0 saturated heterocycles. The van der Waals surface area contributed by atoms with E-state index in [0.29, 0.717) is 13.1 Å². The molecule has 3 aromatic rings. The van der Waals surface area contributed by atoms with E-state index in [1.54, 1.807) is 0 Å². The molecule has 0 bridgehead atoms. The lowest BCUT2D eigenvalue weighted by Crippen LogP contribution is -2.39. The van der Waals surface area contributed by atoms with Gasteiger partial charge in [0.25, 0.3) is 5.91 Å². The fraction of sp³-hybridized carbons (Fsp3) is 0.350. The molecule has 1 aromatic carbocycles. The topological polar surface area (TPSA) is 56.0 Å². The maximum atomic E-state index is 13.2. The Balaban J connectivity index is 1.64. The van der Waals surface area contributed by atoms with Crippen molar-refractivity contribution >= 4 is 5.91 Å². The molecule has 0 saturated carbocycles. The highest BCUT2D eigenvalue weighted by Crippen LogP contribution is 2.23. The van der Waals surface area contributed by atoms with Crippen molar-refractivity contribution in [1.82, 2.24) is 24.2 Å². The van der Waals surface area contributed by atoms with Crippen molar-refractivity contribution in [2.75, 3.05) is 6.54 Å². The zero-order valence-corrected chi connectivity index (χ0v) is 15.4. The summed E-state index contributed by atoms with van der Waals surface area (Å²) in [5.74, 6) is 1.93. The SMILES string of the molecule is CCc1nnc2n1CCN(C(=O)c1cc(C)n(-c3ccccc3)c1C)C2. The second-order valence-corrected chi connectivity index (χ2v) is 6.72. The highest BCUT2D eigenvalue weighted by Gasteiger charge is 2.27. The number of hydrogen-bond acceptors (Lipinski definition) is 3. The van der Waals surface area contributed by atoms with Crippen LogP contribution in [0.3, 0.4) is 0 Å². The third-order valence-corrected chi connectivity index (χ3v) is 5.11. The minimum atomic E-state index is 0.0626. The molecule has 2 aromatic heterocycles. The number of aromatic nitrogens is 4. The summed E-state index contributed by atoms with van der Waals surface area (Å²) >= 11 is 0. The number of amides is 1. The van der Waals surface area contributed by atoms with Crippen molar-refractivity contribution in [2.24, 2.45) is 0 Å². The molecule has 1 amide bonds. The van der Waals surface area contributed by atoms with Gasteiger partial charge in [0.2, 0.25) is 0 Å². The van der Waals surface area contributed by atoms with E-state index in [1.165, 1.54) is 0 Å². The Kier molecular flexibility index (Phi) is 4.11. The van der Waals surface area contributed by atoms with Crippen LogP contribution in [0.2, 0.25) is 0 Å². The van der Waals surface area contributed by atoms with E-state index in [4.69, 9.17) is 0 Å². The highest BCUT2D eigenvalue weighted by molar-refractivity contribution is 5.96. The van der Waals surface area contributed by atoms with Gasteiger partial charge in [-0.2, -0.15) is 0 Å². The Hall–Kier alpha value is -2.89. The molecule has 6 heteroatoms. The lowest BCUT2D eigenvalue weighted by molar-refractivity contribution is 0.0705. The molecule has 0 radical (unpaired) electrons. The summed E-state index contributed by atoms with van der Waals surface area (Å²) in [4.78, 5) is 15.0. The molecule has 0 aliphatic carbocycles. The molecule has 26 heavy (non-hydrogen) atoms. The first-order valence-electron chi connectivity index (χ1n) is 9.04. The van der Waals surface area contributed by atoms with E-state index >= 15 is 0 Å². The molecule has 3 heterocycles. The quantitative estimate of drug-likeness (QED) is 0.730. The smallest absolute Gasteiger partial charge is 0.256 e. The molecular formula is C20H23N5O. The van der Waals surface area contributed by atoms with Gasteiger partial charge in [-0.05, 0) is 32.0 Å². The van der Waals surface area contributed by atoms with Gasteiger partial charge in [0.05, 0.1) is 12.1 Å². The Morgan fingerprint density at radius 2 is 1.88 bits per heavy atom. The molecule has 0 spiro atoms. The summed E-state index contributed by atoms with van der Waals surface area (Å²) in [7, 11) is 0. The van der Waals surface area contributed by atoms with Crippen molar-refractivity contribution in [1.29, 1.82) is 0 Å². The molecule has 0 N–H and O–H groups in total. The van der Waals surface area contributed by atoms with Crippen LogP contribution in [0.4, 0.5) is 0 Å². The van der Waals surface area contributed by atoms with E-state index in [0.717, 1.165) is 47.3 Å². The van der Waals surface area contributed by atoms with E-state index in [-0.39, 0.29) is 5.91 Å². The van der Waals surface area contributed by atoms with Crippen LogP contribution in [0.15, 0.2) is 36.4 Å². The number of fused-ring (bicyclic) bond motifs is 1. The van der Waals surface area contributed by atoms with Gasteiger partial charge >= 0.3 is 0 Å². The van der Waals surface area contributed by atoms with Crippen LogP contribution >= 0.6 is 0 Å². The maximum Gasteiger partial charge on any atom is 0.256 e. The van der Waals surface area contributed by atoms with Crippen LogP contribution in [-0.2, 0) is 19.5 Å². The molecular weight excluding hydrogens is 326 g/mol. The molecule has 4 rings (SSSR count). The zero-order valence-electron chi connectivity index (χ0n) is 15.4. The fourth-order valence-electron chi connectivity index (χ4n) is 3.78. The highest BCUT2D eigenvalue weighted by atomic mass is 16.2. The number of carbonyl (C=O) groups is 1. The van der Waals surface area contributed by atoms with Gasteiger partial charge in [0.1, 0.15) is 5.82 Å². The van der Waals surface area contributed by atoms with Gasteiger partial charge in [-0.25, -0.2) is 0 Å². The Bertz CT molecular complexity index is 954. The average Bonchev–Trinajstić information content (AvgIpc) is 3.21. The van der Waals surface area contributed by atoms with E-state index < -0.39 is 0 Å². The zero-order chi connectivity index (χ0) is 18.3. The first-order valence-corrected chi connectivity index (χ1v) is 9.04. The number of para-hydroxylation sites is 1. The normalized spacial score (nSPS) is 13.7. The lowest BCUT2D eigenvalue weighted by atomic mass is 10.2. The first-order chi connectivity index (χ1) is 12.6. The van der Waals surface area contributed by atoms with Crippen molar-refractivity contribution in [3.8, 4) is 5.69 Å². The van der Waals surface area contributed by atoms with Gasteiger partial charge in [0.15, 0.2) is 5.82 Å². The van der Waals surface area contributed by atoms with Gasteiger partial charge in [-0.15, -0.1) is 10.2 Å². The molecule has 0 atom stereocenters. The summed E-state index contributed by atoms with van der Waals surface area (Å²) in [6, 6.07) is 12.1. The maximum absolute atomic E-state index is 13.2. The Morgan fingerprint density at radius 3 is 2.62 bits per heavy atom. The minimum absolute atomic E-state index is 0.0626. The molecule has 0 unspecified atom stereocenters. The van der Waals surface area contributed by atoms with E-state index in [1.807, 2.05) is 43.0 Å². The molecule has 6 nitrogen and oxygen atoms in total. The second kappa shape index (κ2) is 6.44. The molecule has 1 aliphatic heterocycles. The number of carbonyl (C=O) groups excluding carboxylic acids is 1. The molecule has 0 fully saturated rings. The summed E-state index contributed by atoms with van der Waals surface area (Å²) in [6.07, 6.45) is 0.860.